The van der Waals surface area contributed by atoms with Crippen LogP contribution in [0.1, 0.15) is 46.0 Å². The maximum atomic E-state index is 14.4. The molecule has 3 fully saturated rings. The predicted octanol–water partition coefficient (Wildman–Crippen LogP) is 3.26. The van der Waals surface area contributed by atoms with Crippen molar-refractivity contribution in [3.8, 4) is 5.75 Å². The van der Waals surface area contributed by atoms with E-state index in [9.17, 15) is 19.5 Å². The van der Waals surface area contributed by atoms with Crippen LogP contribution in [0, 0.1) is 11.8 Å². The van der Waals surface area contributed by atoms with Gasteiger partial charge in [0.05, 0.1) is 37.9 Å². The Morgan fingerprint density at radius 3 is 2.56 bits per heavy atom. The second kappa shape index (κ2) is 11.5. The van der Waals surface area contributed by atoms with Crippen molar-refractivity contribution >= 4 is 23.5 Å². The topological polar surface area (TPSA) is 106 Å². The summed E-state index contributed by atoms with van der Waals surface area (Å²) < 4.78 is 17.5. The molecular formula is C30H40N2O7. The zero-order chi connectivity index (χ0) is 28.4. The zero-order valence-corrected chi connectivity index (χ0v) is 23.1. The summed E-state index contributed by atoms with van der Waals surface area (Å²) in [7, 11) is 1.57. The number of carbonyl (C=O) groups is 3. The number of aliphatic hydroxyl groups is 1. The van der Waals surface area contributed by atoms with Gasteiger partial charge in [0.1, 0.15) is 23.3 Å². The number of ether oxygens (including phenoxy) is 3. The number of allylic oxidation sites excluding steroid dienone is 1. The van der Waals surface area contributed by atoms with E-state index in [1.165, 1.54) is 4.90 Å². The molecule has 4 rings (SSSR count). The highest BCUT2D eigenvalue weighted by Crippen LogP contribution is 2.63. The Bertz CT molecular complexity index is 1110. The molecule has 0 aromatic heterocycles. The number of likely N-dealkylation sites (tertiary alicyclic amines) is 1. The van der Waals surface area contributed by atoms with Gasteiger partial charge in [-0.1, -0.05) is 12.2 Å². The van der Waals surface area contributed by atoms with Crippen molar-refractivity contribution in [3.05, 3.63) is 49.6 Å². The smallest absolute Gasteiger partial charge is 0.312 e. The fourth-order valence-electron chi connectivity index (χ4n) is 6.58. The number of nitrogens with zero attached hydrogens (tertiary/aromatic N) is 2. The van der Waals surface area contributed by atoms with Crippen molar-refractivity contribution in [1.29, 1.82) is 0 Å². The number of hydrogen-bond acceptors (Lipinski definition) is 7. The molecule has 1 aromatic carbocycles. The van der Waals surface area contributed by atoms with Crippen molar-refractivity contribution in [2.24, 2.45) is 11.8 Å². The lowest BCUT2D eigenvalue weighted by Crippen LogP contribution is -2.58. The summed E-state index contributed by atoms with van der Waals surface area (Å²) in [5.41, 5.74) is -1.52. The number of esters is 1. The largest absolute Gasteiger partial charge is 0.497 e. The van der Waals surface area contributed by atoms with Gasteiger partial charge in [-0.25, -0.2) is 0 Å². The summed E-state index contributed by atoms with van der Waals surface area (Å²) in [5, 5.41) is 10.1. The van der Waals surface area contributed by atoms with Crippen LogP contribution in [-0.2, 0) is 23.9 Å². The van der Waals surface area contributed by atoms with Gasteiger partial charge in [-0.2, -0.15) is 0 Å². The van der Waals surface area contributed by atoms with Crippen LogP contribution in [0.2, 0.25) is 0 Å². The summed E-state index contributed by atoms with van der Waals surface area (Å²) in [6.07, 6.45) is 6.78. The molecule has 6 atom stereocenters. The second-order valence-corrected chi connectivity index (χ2v) is 10.9. The summed E-state index contributed by atoms with van der Waals surface area (Å²) in [6, 6.07) is 5.38. The van der Waals surface area contributed by atoms with Crippen molar-refractivity contribution in [2.45, 2.75) is 69.2 Å². The van der Waals surface area contributed by atoms with Gasteiger partial charge in [0.15, 0.2) is 0 Å². The van der Waals surface area contributed by atoms with Crippen LogP contribution in [0.4, 0.5) is 5.69 Å². The number of amides is 2. The predicted molar refractivity (Wildman–Crippen MR) is 146 cm³/mol. The van der Waals surface area contributed by atoms with Crippen molar-refractivity contribution in [2.75, 3.05) is 31.8 Å². The lowest BCUT2D eigenvalue weighted by Gasteiger charge is -2.38. The maximum Gasteiger partial charge on any atom is 0.312 e. The average Bonchev–Trinajstić information content (AvgIpc) is 3.51. The molecule has 212 valence electrons. The fourth-order valence-corrected chi connectivity index (χ4v) is 6.58. The molecule has 2 amide bonds. The standard InChI is InChI=1S/C30H40N2O7/c1-6-8-9-10-18-38-28(36)24-23-26(34)32(20(3)19-33)25(30(23)16-15-29(24,4)39-30)27(35)31(17-7-2)21-11-13-22(37-5)14-12-21/h6-7,11-14,20,23-25,33H,1-2,8-10,15-19H2,3-5H3/t20-,23+,24+,25?,29-,30?/m1/s1. The molecule has 1 spiro atoms. The molecular weight excluding hydrogens is 500 g/mol. The van der Waals surface area contributed by atoms with Crippen LogP contribution in [0.3, 0.4) is 0 Å². The fraction of sp³-hybridized carbons (Fsp3) is 0.567. The van der Waals surface area contributed by atoms with Gasteiger partial charge in [-0.15, -0.1) is 13.2 Å². The van der Waals surface area contributed by atoms with E-state index in [0.717, 1.165) is 12.8 Å². The van der Waals surface area contributed by atoms with Gasteiger partial charge in [0, 0.05) is 12.2 Å². The number of anilines is 1. The minimum Gasteiger partial charge on any atom is -0.497 e. The van der Waals surface area contributed by atoms with Crippen molar-refractivity contribution in [3.63, 3.8) is 0 Å². The van der Waals surface area contributed by atoms with Crippen molar-refractivity contribution < 1.29 is 33.7 Å². The molecule has 3 aliphatic heterocycles. The highest BCUT2D eigenvalue weighted by Gasteiger charge is 2.79. The van der Waals surface area contributed by atoms with E-state index >= 15 is 0 Å². The van der Waals surface area contributed by atoms with E-state index < -0.39 is 41.1 Å². The quantitative estimate of drug-likeness (QED) is 0.233. The molecule has 9 heteroatoms. The zero-order valence-electron chi connectivity index (χ0n) is 23.1. The second-order valence-electron chi connectivity index (χ2n) is 10.9. The van der Waals surface area contributed by atoms with Gasteiger partial charge in [-0.3, -0.25) is 14.4 Å². The van der Waals surface area contributed by atoms with Crippen molar-refractivity contribution in [1.82, 2.24) is 4.90 Å². The molecule has 2 unspecified atom stereocenters. The monoisotopic (exact) mass is 540 g/mol. The minimum atomic E-state index is -1.20. The number of unbranched alkanes of at least 4 members (excludes halogenated alkanes) is 2. The summed E-state index contributed by atoms with van der Waals surface area (Å²) in [5.74, 6) is -2.25. The third kappa shape index (κ3) is 4.87. The van der Waals surface area contributed by atoms with Gasteiger partial charge in [0.25, 0.3) is 5.91 Å². The molecule has 0 saturated carbocycles. The number of methoxy groups -OCH3 is 1. The third-order valence-corrected chi connectivity index (χ3v) is 8.45. The Hall–Kier alpha value is -3.17. The Morgan fingerprint density at radius 2 is 1.95 bits per heavy atom. The lowest BCUT2D eigenvalue weighted by molar-refractivity contribution is -0.160. The van der Waals surface area contributed by atoms with E-state index in [0.29, 0.717) is 30.7 Å². The van der Waals surface area contributed by atoms with E-state index in [2.05, 4.69) is 13.2 Å². The third-order valence-electron chi connectivity index (χ3n) is 8.45. The SMILES string of the molecule is C=CCCCCOC(=O)[C@@H]1[C@H]2C(=O)N([C@H](C)CO)C(C(=O)N(CC=C)c3ccc(OC)cc3)C23CC[C@@]1(C)O3. The molecule has 1 N–H and O–H groups in total. The lowest BCUT2D eigenvalue weighted by atomic mass is 9.66. The van der Waals surface area contributed by atoms with Crippen LogP contribution in [0.15, 0.2) is 49.6 Å². The Labute approximate surface area is 230 Å². The summed E-state index contributed by atoms with van der Waals surface area (Å²) >= 11 is 0. The van der Waals surface area contributed by atoms with E-state index in [-0.39, 0.29) is 31.6 Å². The first-order valence-corrected chi connectivity index (χ1v) is 13.7. The van der Waals surface area contributed by atoms with Crippen LogP contribution < -0.4 is 9.64 Å². The number of hydrogen-bond donors (Lipinski definition) is 1. The Balaban J connectivity index is 1.70. The highest BCUT2D eigenvalue weighted by atomic mass is 16.6. The molecule has 3 saturated heterocycles. The first-order chi connectivity index (χ1) is 18.7. The maximum absolute atomic E-state index is 14.4. The van der Waals surface area contributed by atoms with Crippen LogP contribution >= 0.6 is 0 Å². The average molecular weight is 541 g/mol. The highest BCUT2D eigenvalue weighted by molar-refractivity contribution is 6.05. The number of aliphatic hydroxyl groups excluding tert-OH is 1. The van der Waals surface area contributed by atoms with Gasteiger partial charge in [-0.05, 0) is 70.2 Å². The van der Waals surface area contributed by atoms with Gasteiger partial charge >= 0.3 is 5.97 Å². The molecule has 3 heterocycles. The summed E-state index contributed by atoms with van der Waals surface area (Å²) in [6.45, 7) is 11.2. The molecule has 0 aliphatic carbocycles. The van der Waals surface area contributed by atoms with Crippen LogP contribution in [0.25, 0.3) is 0 Å². The number of fused-ring (bicyclic) bond motifs is 1. The van der Waals surface area contributed by atoms with Crippen LogP contribution in [0.5, 0.6) is 5.75 Å². The normalized spacial score (nSPS) is 29.6. The van der Waals surface area contributed by atoms with Gasteiger partial charge < -0.3 is 29.1 Å². The van der Waals surface area contributed by atoms with E-state index in [1.54, 1.807) is 49.3 Å². The Morgan fingerprint density at radius 1 is 1.23 bits per heavy atom. The number of carbonyl (C=O) groups excluding carboxylic acids is 3. The van der Waals surface area contributed by atoms with E-state index in [4.69, 9.17) is 14.2 Å². The van der Waals surface area contributed by atoms with Gasteiger partial charge in [0.2, 0.25) is 5.91 Å². The summed E-state index contributed by atoms with van der Waals surface area (Å²) in [4.78, 5) is 44.9. The molecule has 1 aromatic rings. The van der Waals surface area contributed by atoms with Crippen LogP contribution in [-0.4, -0.2) is 77.9 Å². The molecule has 0 radical (unpaired) electrons. The van der Waals surface area contributed by atoms with E-state index in [1.807, 2.05) is 13.0 Å². The molecule has 9 nitrogen and oxygen atoms in total. The molecule has 3 aliphatic rings. The Kier molecular flexibility index (Phi) is 8.51. The number of rotatable bonds is 13. The number of benzene rings is 1. The molecule has 39 heavy (non-hydrogen) atoms. The minimum absolute atomic E-state index is 0.200. The molecule has 2 bridgehead atoms. The first kappa shape index (κ1) is 28.8. The first-order valence-electron chi connectivity index (χ1n) is 13.7.